The number of aromatic nitrogens is 2. The number of methoxy groups -OCH3 is 1. The Morgan fingerprint density at radius 3 is 2.62 bits per heavy atom. The molecule has 26 heavy (non-hydrogen) atoms. The van der Waals surface area contributed by atoms with Gasteiger partial charge in [-0.2, -0.15) is 0 Å². The van der Waals surface area contributed by atoms with Crippen molar-refractivity contribution in [1.29, 1.82) is 0 Å². The minimum Gasteiger partial charge on any atom is -0.385 e. The van der Waals surface area contributed by atoms with E-state index in [1.807, 2.05) is 26.0 Å². The van der Waals surface area contributed by atoms with Crippen molar-refractivity contribution in [3.8, 4) is 0 Å². The lowest BCUT2D eigenvalue weighted by atomic mass is 10.3. The maximum atomic E-state index is 13.0. The van der Waals surface area contributed by atoms with Gasteiger partial charge in [-0.3, -0.25) is 14.0 Å². The highest BCUT2D eigenvalue weighted by atomic mass is 16.5. The first-order chi connectivity index (χ1) is 12.6. The molecule has 7 heteroatoms. The molecule has 1 N–H and O–H groups in total. The van der Waals surface area contributed by atoms with Crippen LogP contribution in [0, 0.1) is 0 Å². The van der Waals surface area contributed by atoms with Crippen molar-refractivity contribution in [2.24, 2.45) is 0 Å². The molecule has 2 amide bonds. The molecule has 7 nitrogen and oxygen atoms in total. The summed E-state index contributed by atoms with van der Waals surface area (Å²) in [6.07, 6.45) is 4.25. The standard InChI is InChI=1S/C19H28N4O3/c1-4-11-22(12-5-2)19(25)17-21-16(15-9-6-7-13-23(15)17)18(24)20-10-8-14-26-3/h6-7,9,13H,4-5,8,10-12,14H2,1-3H3,(H,20,24). The maximum absolute atomic E-state index is 13.0. The summed E-state index contributed by atoms with van der Waals surface area (Å²) < 4.78 is 6.69. The molecule has 0 fully saturated rings. The van der Waals surface area contributed by atoms with Crippen molar-refractivity contribution in [3.05, 3.63) is 35.9 Å². The second-order valence-electron chi connectivity index (χ2n) is 6.13. The van der Waals surface area contributed by atoms with Crippen LogP contribution >= 0.6 is 0 Å². The number of nitrogens with zero attached hydrogens (tertiary/aromatic N) is 3. The van der Waals surface area contributed by atoms with Crippen molar-refractivity contribution >= 4 is 17.3 Å². The maximum Gasteiger partial charge on any atom is 0.290 e. The Kier molecular flexibility index (Phi) is 7.59. The van der Waals surface area contributed by atoms with Crippen LogP contribution in [0.2, 0.25) is 0 Å². The molecule has 0 saturated heterocycles. The van der Waals surface area contributed by atoms with Gasteiger partial charge in [-0.25, -0.2) is 4.98 Å². The molecule has 2 rings (SSSR count). The van der Waals surface area contributed by atoms with Crippen LogP contribution in [0.4, 0.5) is 0 Å². The first-order valence-electron chi connectivity index (χ1n) is 9.17. The molecule has 0 aliphatic rings. The second-order valence-corrected chi connectivity index (χ2v) is 6.13. The van der Waals surface area contributed by atoms with Crippen molar-refractivity contribution in [3.63, 3.8) is 0 Å². The van der Waals surface area contributed by atoms with E-state index in [1.165, 1.54) is 0 Å². The van der Waals surface area contributed by atoms with Crippen molar-refractivity contribution < 1.29 is 14.3 Å². The Hall–Kier alpha value is -2.41. The number of hydrogen-bond donors (Lipinski definition) is 1. The summed E-state index contributed by atoms with van der Waals surface area (Å²) in [4.78, 5) is 31.7. The summed E-state index contributed by atoms with van der Waals surface area (Å²) in [5.74, 6) is -0.140. The van der Waals surface area contributed by atoms with E-state index in [1.54, 1.807) is 28.7 Å². The summed E-state index contributed by atoms with van der Waals surface area (Å²) in [6.45, 7) is 6.51. The van der Waals surface area contributed by atoms with Crippen LogP contribution < -0.4 is 5.32 Å². The quantitative estimate of drug-likeness (QED) is 0.660. The van der Waals surface area contributed by atoms with E-state index in [0.717, 1.165) is 19.3 Å². The molecule has 0 aromatic carbocycles. The molecule has 0 unspecified atom stereocenters. The molecule has 0 saturated carbocycles. The van der Waals surface area contributed by atoms with E-state index in [0.29, 0.717) is 31.8 Å². The molecular formula is C19H28N4O3. The summed E-state index contributed by atoms with van der Waals surface area (Å²) in [6, 6.07) is 5.47. The van der Waals surface area contributed by atoms with Gasteiger partial charge in [0, 0.05) is 39.5 Å². The van der Waals surface area contributed by atoms with E-state index >= 15 is 0 Å². The van der Waals surface area contributed by atoms with Crippen LogP contribution in [-0.4, -0.2) is 59.4 Å². The summed E-state index contributed by atoms with van der Waals surface area (Å²) in [7, 11) is 1.63. The highest BCUT2D eigenvalue weighted by molar-refractivity contribution is 6.02. The molecule has 2 aromatic rings. The number of pyridine rings is 1. The zero-order valence-corrected chi connectivity index (χ0v) is 15.8. The molecule has 142 valence electrons. The number of imidazole rings is 1. The number of ether oxygens (including phenoxy) is 1. The smallest absolute Gasteiger partial charge is 0.290 e. The molecule has 0 spiro atoms. The molecule has 0 bridgehead atoms. The van der Waals surface area contributed by atoms with Gasteiger partial charge in [-0.1, -0.05) is 19.9 Å². The zero-order valence-electron chi connectivity index (χ0n) is 15.8. The van der Waals surface area contributed by atoms with E-state index in [-0.39, 0.29) is 23.3 Å². The van der Waals surface area contributed by atoms with E-state index < -0.39 is 0 Å². The van der Waals surface area contributed by atoms with Gasteiger partial charge in [-0.15, -0.1) is 0 Å². The lowest BCUT2D eigenvalue weighted by Crippen LogP contribution is -2.34. The van der Waals surface area contributed by atoms with Crippen molar-refractivity contribution in [1.82, 2.24) is 19.6 Å². The average Bonchev–Trinajstić information content (AvgIpc) is 3.04. The Morgan fingerprint density at radius 1 is 1.23 bits per heavy atom. The lowest BCUT2D eigenvalue weighted by Gasteiger charge is -2.20. The van der Waals surface area contributed by atoms with Crippen LogP contribution in [-0.2, 0) is 4.74 Å². The van der Waals surface area contributed by atoms with Crippen LogP contribution in [0.15, 0.2) is 24.4 Å². The van der Waals surface area contributed by atoms with Gasteiger partial charge in [0.2, 0.25) is 5.82 Å². The number of carbonyl (C=O) groups excluding carboxylic acids is 2. The van der Waals surface area contributed by atoms with Crippen LogP contribution in [0.3, 0.4) is 0 Å². The molecule has 2 heterocycles. The third-order valence-corrected chi connectivity index (χ3v) is 4.04. The molecule has 2 aromatic heterocycles. The fourth-order valence-corrected chi connectivity index (χ4v) is 2.85. The predicted octanol–water partition coefficient (Wildman–Crippen LogP) is 2.36. The monoisotopic (exact) mass is 360 g/mol. The highest BCUT2D eigenvalue weighted by Gasteiger charge is 2.24. The van der Waals surface area contributed by atoms with Crippen molar-refractivity contribution in [2.75, 3.05) is 33.4 Å². The summed E-state index contributed by atoms with van der Waals surface area (Å²) >= 11 is 0. The van der Waals surface area contributed by atoms with Crippen LogP contribution in [0.25, 0.3) is 5.52 Å². The average molecular weight is 360 g/mol. The van der Waals surface area contributed by atoms with E-state index in [2.05, 4.69) is 10.3 Å². The highest BCUT2D eigenvalue weighted by Crippen LogP contribution is 2.15. The van der Waals surface area contributed by atoms with Gasteiger partial charge in [0.1, 0.15) is 0 Å². The van der Waals surface area contributed by atoms with Gasteiger partial charge in [-0.05, 0) is 31.4 Å². The number of amides is 2. The van der Waals surface area contributed by atoms with Gasteiger partial charge >= 0.3 is 0 Å². The number of hydrogen-bond acceptors (Lipinski definition) is 4. The number of fused-ring (bicyclic) bond motifs is 1. The first-order valence-corrected chi connectivity index (χ1v) is 9.17. The van der Waals surface area contributed by atoms with Crippen molar-refractivity contribution in [2.45, 2.75) is 33.1 Å². The van der Waals surface area contributed by atoms with E-state index in [9.17, 15) is 9.59 Å². The minimum atomic E-state index is -0.276. The molecule has 0 radical (unpaired) electrons. The van der Waals surface area contributed by atoms with Crippen LogP contribution in [0.1, 0.15) is 54.2 Å². The Morgan fingerprint density at radius 2 is 1.96 bits per heavy atom. The fourth-order valence-electron chi connectivity index (χ4n) is 2.85. The number of nitrogens with one attached hydrogen (secondary N) is 1. The Bertz CT molecular complexity index is 735. The first kappa shape index (κ1) is 19.9. The van der Waals surface area contributed by atoms with Crippen LogP contribution in [0.5, 0.6) is 0 Å². The van der Waals surface area contributed by atoms with Gasteiger partial charge in [0.15, 0.2) is 5.69 Å². The molecular weight excluding hydrogens is 332 g/mol. The third kappa shape index (κ3) is 4.60. The zero-order chi connectivity index (χ0) is 18.9. The summed E-state index contributed by atoms with van der Waals surface area (Å²) in [5, 5.41) is 2.84. The Balaban J connectivity index is 2.30. The Labute approximate surface area is 154 Å². The third-order valence-electron chi connectivity index (χ3n) is 4.04. The van der Waals surface area contributed by atoms with Gasteiger partial charge < -0.3 is 15.0 Å². The largest absolute Gasteiger partial charge is 0.385 e. The fraction of sp³-hybridized carbons (Fsp3) is 0.526. The molecule has 0 aliphatic heterocycles. The normalized spacial score (nSPS) is 10.9. The summed E-state index contributed by atoms with van der Waals surface area (Å²) in [5.41, 5.74) is 0.910. The second kappa shape index (κ2) is 9.91. The lowest BCUT2D eigenvalue weighted by molar-refractivity contribution is 0.0742. The van der Waals surface area contributed by atoms with Gasteiger partial charge in [0.25, 0.3) is 11.8 Å². The van der Waals surface area contributed by atoms with Gasteiger partial charge in [0.05, 0.1) is 5.52 Å². The predicted molar refractivity (Wildman–Crippen MR) is 101 cm³/mol. The van der Waals surface area contributed by atoms with E-state index in [4.69, 9.17) is 4.74 Å². The number of rotatable bonds is 10. The molecule has 0 aliphatic carbocycles. The molecule has 0 atom stereocenters. The SMILES string of the molecule is CCCN(CCC)C(=O)c1nc(C(=O)NCCCOC)c2ccccn12. The minimum absolute atomic E-state index is 0.145. The number of carbonyl (C=O) groups is 2. The topological polar surface area (TPSA) is 75.9 Å².